The minimum absolute atomic E-state index is 0.00752. The van der Waals surface area contributed by atoms with E-state index < -0.39 is 0 Å². The van der Waals surface area contributed by atoms with Gasteiger partial charge in [0.15, 0.2) is 0 Å². The van der Waals surface area contributed by atoms with Crippen molar-refractivity contribution in [1.29, 1.82) is 0 Å². The molecule has 0 amide bonds. The smallest absolute Gasteiger partial charge is 0.309 e. The van der Waals surface area contributed by atoms with Crippen molar-refractivity contribution in [3.8, 4) is 0 Å². The monoisotopic (exact) mass is 227 g/mol. The van der Waals surface area contributed by atoms with Crippen molar-refractivity contribution in [1.82, 2.24) is 4.90 Å². The van der Waals surface area contributed by atoms with Crippen molar-refractivity contribution in [3.63, 3.8) is 0 Å². The first kappa shape index (κ1) is 13.5. The van der Waals surface area contributed by atoms with Gasteiger partial charge in [-0.05, 0) is 19.4 Å². The summed E-state index contributed by atoms with van der Waals surface area (Å²) < 4.78 is 4.78. The SMILES string of the molecule is CCN(CC(C)C(=O)OC)C1CCCCC1. The Labute approximate surface area is 99.1 Å². The van der Waals surface area contributed by atoms with E-state index in [1.54, 1.807) is 0 Å². The average Bonchev–Trinajstić information content (AvgIpc) is 2.35. The predicted octanol–water partition coefficient (Wildman–Crippen LogP) is 2.45. The summed E-state index contributed by atoms with van der Waals surface area (Å²) in [5, 5.41) is 0. The zero-order valence-electron chi connectivity index (χ0n) is 10.9. The maximum Gasteiger partial charge on any atom is 0.309 e. The standard InChI is InChI=1S/C13H25NO2/c1-4-14(10-11(2)13(15)16-3)12-8-6-5-7-9-12/h11-12H,4-10H2,1-3H3. The van der Waals surface area contributed by atoms with Crippen LogP contribution in [0.15, 0.2) is 0 Å². The third kappa shape index (κ3) is 3.78. The van der Waals surface area contributed by atoms with Gasteiger partial charge in [-0.3, -0.25) is 9.69 Å². The first-order valence-corrected chi connectivity index (χ1v) is 6.51. The summed E-state index contributed by atoms with van der Waals surface area (Å²) in [5.74, 6) is -0.0962. The Balaban J connectivity index is 2.43. The predicted molar refractivity (Wildman–Crippen MR) is 65.3 cm³/mol. The normalized spacial score (nSPS) is 19.8. The Hall–Kier alpha value is -0.570. The van der Waals surface area contributed by atoms with Gasteiger partial charge in [-0.1, -0.05) is 33.1 Å². The van der Waals surface area contributed by atoms with Crippen LogP contribution in [0.3, 0.4) is 0 Å². The third-order valence-corrected chi connectivity index (χ3v) is 3.61. The van der Waals surface area contributed by atoms with E-state index in [1.165, 1.54) is 39.2 Å². The number of hydrogen-bond acceptors (Lipinski definition) is 3. The Morgan fingerprint density at radius 1 is 1.38 bits per heavy atom. The molecule has 94 valence electrons. The Morgan fingerprint density at radius 3 is 2.50 bits per heavy atom. The number of esters is 1. The van der Waals surface area contributed by atoms with Crippen LogP contribution >= 0.6 is 0 Å². The molecule has 0 heterocycles. The maximum absolute atomic E-state index is 11.4. The molecule has 0 bridgehead atoms. The summed E-state index contributed by atoms with van der Waals surface area (Å²) in [4.78, 5) is 13.8. The number of methoxy groups -OCH3 is 1. The average molecular weight is 227 g/mol. The summed E-state index contributed by atoms with van der Waals surface area (Å²) in [6.07, 6.45) is 6.64. The molecule has 0 aromatic heterocycles. The van der Waals surface area contributed by atoms with Gasteiger partial charge >= 0.3 is 5.97 Å². The fourth-order valence-corrected chi connectivity index (χ4v) is 2.61. The van der Waals surface area contributed by atoms with Crippen molar-refractivity contribution in [3.05, 3.63) is 0 Å². The van der Waals surface area contributed by atoms with Crippen molar-refractivity contribution >= 4 is 5.97 Å². The summed E-state index contributed by atoms with van der Waals surface area (Å²) in [5.41, 5.74) is 0. The number of ether oxygens (including phenoxy) is 1. The highest BCUT2D eigenvalue weighted by molar-refractivity contribution is 5.72. The quantitative estimate of drug-likeness (QED) is 0.676. The van der Waals surface area contributed by atoms with Gasteiger partial charge in [-0.25, -0.2) is 0 Å². The highest BCUT2D eigenvalue weighted by atomic mass is 16.5. The number of rotatable bonds is 5. The molecule has 3 nitrogen and oxygen atoms in total. The third-order valence-electron chi connectivity index (χ3n) is 3.61. The molecule has 0 spiro atoms. The molecule has 1 aliphatic carbocycles. The summed E-state index contributed by atoms with van der Waals surface area (Å²) >= 11 is 0. The van der Waals surface area contributed by atoms with Gasteiger partial charge in [-0.2, -0.15) is 0 Å². The van der Waals surface area contributed by atoms with E-state index in [1.807, 2.05) is 6.92 Å². The van der Waals surface area contributed by atoms with Crippen molar-refractivity contribution in [2.24, 2.45) is 5.92 Å². The molecule has 1 saturated carbocycles. The van der Waals surface area contributed by atoms with Gasteiger partial charge in [0.2, 0.25) is 0 Å². The minimum atomic E-state index is -0.0886. The fourth-order valence-electron chi connectivity index (χ4n) is 2.61. The molecule has 16 heavy (non-hydrogen) atoms. The van der Waals surface area contributed by atoms with E-state index in [-0.39, 0.29) is 11.9 Å². The lowest BCUT2D eigenvalue weighted by atomic mass is 9.93. The second-order valence-corrected chi connectivity index (χ2v) is 4.80. The lowest BCUT2D eigenvalue weighted by Gasteiger charge is -2.34. The molecule has 1 unspecified atom stereocenters. The Morgan fingerprint density at radius 2 is 2.00 bits per heavy atom. The number of nitrogens with zero attached hydrogens (tertiary/aromatic N) is 1. The summed E-state index contributed by atoms with van der Waals surface area (Å²) in [7, 11) is 1.47. The van der Waals surface area contributed by atoms with Gasteiger partial charge in [0.1, 0.15) is 0 Å². The molecule has 0 aliphatic heterocycles. The number of carbonyl (C=O) groups is 1. The van der Waals surface area contributed by atoms with E-state index >= 15 is 0 Å². The highest BCUT2D eigenvalue weighted by Gasteiger charge is 2.23. The van der Waals surface area contributed by atoms with E-state index in [4.69, 9.17) is 4.74 Å². The van der Waals surface area contributed by atoms with Crippen LogP contribution in [0, 0.1) is 5.92 Å². The second kappa shape index (κ2) is 6.89. The summed E-state index contributed by atoms with van der Waals surface area (Å²) in [6.45, 7) is 6.01. The molecule has 1 rings (SSSR count). The van der Waals surface area contributed by atoms with Gasteiger partial charge in [0.05, 0.1) is 13.0 Å². The molecule has 1 atom stereocenters. The Kier molecular flexibility index (Phi) is 5.81. The topological polar surface area (TPSA) is 29.5 Å². The van der Waals surface area contributed by atoms with Gasteiger partial charge in [0.25, 0.3) is 0 Å². The molecule has 0 radical (unpaired) electrons. The van der Waals surface area contributed by atoms with Crippen LogP contribution in [0.2, 0.25) is 0 Å². The molecular formula is C13H25NO2. The molecule has 1 fully saturated rings. The van der Waals surface area contributed by atoms with Crippen LogP contribution in [0.5, 0.6) is 0 Å². The van der Waals surface area contributed by atoms with Gasteiger partial charge in [0, 0.05) is 12.6 Å². The Bertz CT molecular complexity index is 212. The van der Waals surface area contributed by atoms with Crippen LogP contribution in [0.25, 0.3) is 0 Å². The molecule has 0 aromatic carbocycles. The first-order chi connectivity index (χ1) is 7.69. The lowest BCUT2D eigenvalue weighted by molar-refractivity contribution is -0.145. The number of carbonyl (C=O) groups excluding carboxylic acids is 1. The molecule has 3 heteroatoms. The first-order valence-electron chi connectivity index (χ1n) is 6.51. The summed E-state index contributed by atoms with van der Waals surface area (Å²) in [6, 6.07) is 0.686. The molecular weight excluding hydrogens is 202 g/mol. The molecule has 0 saturated heterocycles. The van der Waals surface area contributed by atoms with E-state index in [2.05, 4.69) is 11.8 Å². The van der Waals surface area contributed by atoms with Gasteiger partial charge in [-0.15, -0.1) is 0 Å². The van der Waals surface area contributed by atoms with E-state index in [0.29, 0.717) is 6.04 Å². The van der Waals surface area contributed by atoms with Crippen LogP contribution in [0.1, 0.15) is 46.0 Å². The maximum atomic E-state index is 11.4. The fraction of sp³-hybridized carbons (Fsp3) is 0.923. The lowest BCUT2D eigenvalue weighted by Crippen LogP contribution is -2.41. The van der Waals surface area contributed by atoms with Crippen molar-refractivity contribution < 1.29 is 9.53 Å². The largest absolute Gasteiger partial charge is 0.469 e. The highest BCUT2D eigenvalue weighted by Crippen LogP contribution is 2.23. The van der Waals surface area contributed by atoms with Crippen molar-refractivity contribution in [2.45, 2.75) is 52.0 Å². The van der Waals surface area contributed by atoms with E-state index in [0.717, 1.165) is 13.1 Å². The number of hydrogen-bond donors (Lipinski definition) is 0. The van der Waals surface area contributed by atoms with Gasteiger partial charge < -0.3 is 4.74 Å². The van der Waals surface area contributed by atoms with Crippen LogP contribution in [0.4, 0.5) is 0 Å². The zero-order valence-corrected chi connectivity index (χ0v) is 10.9. The second-order valence-electron chi connectivity index (χ2n) is 4.80. The zero-order chi connectivity index (χ0) is 12.0. The molecule has 1 aliphatic rings. The van der Waals surface area contributed by atoms with Crippen LogP contribution < -0.4 is 0 Å². The van der Waals surface area contributed by atoms with E-state index in [9.17, 15) is 4.79 Å². The molecule has 0 aromatic rings. The van der Waals surface area contributed by atoms with Crippen LogP contribution in [-0.4, -0.2) is 37.1 Å². The minimum Gasteiger partial charge on any atom is -0.469 e. The van der Waals surface area contributed by atoms with Crippen LogP contribution in [-0.2, 0) is 9.53 Å². The van der Waals surface area contributed by atoms with Crippen molar-refractivity contribution in [2.75, 3.05) is 20.2 Å². The molecule has 0 N–H and O–H groups in total.